The third-order valence-electron chi connectivity index (χ3n) is 3.73. The molecule has 0 aliphatic carbocycles. The molecule has 0 aliphatic heterocycles. The van der Waals surface area contributed by atoms with Crippen LogP contribution in [0.1, 0.15) is 29.5 Å². The van der Waals surface area contributed by atoms with Crippen LogP contribution in [0.5, 0.6) is 0 Å². The lowest BCUT2D eigenvalue weighted by molar-refractivity contribution is -0.116. The fraction of sp³-hybridized carbons (Fsp3) is 0.412. The van der Waals surface area contributed by atoms with Crippen LogP contribution in [0.3, 0.4) is 0 Å². The molecule has 0 atom stereocenters. The highest BCUT2D eigenvalue weighted by Gasteiger charge is 2.09. The lowest BCUT2D eigenvalue weighted by Gasteiger charge is -2.09. The smallest absolute Gasteiger partial charge is 0.307 e. The number of aromatic nitrogens is 1. The molecule has 0 unspecified atom stereocenters. The minimum Gasteiger partial charge on any atom is -0.326 e. The Morgan fingerprint density at radius 2 is 2.04 bits per heavy atom. The molecule has 1 amide bonds. The maximum Gasteiger partial charge on any atom is 0.307 e. The van der Waals surface area contributed by atoms with E-state index >= 15 is 0 Å². The molecule has 0 aliphatic rings. The van der Waals surface area contributed by atoms with Gasteiger partial charge in [-0.25, -0.2) is 0 Å². The molecule has 1 aromatic carbocycles. The van der Waals surface area contributed by atoms with Gasteiger partial charge >= 0.3 is 4.87 Å². The van der Waals surface area contributed by atoms with E-state index in [9.17, 15) is 9.59 Å². The molecule has 7 heteroatoms. The SMILES string of the molecule is CCNCc1cccc(NC(=O)CCn2c(C)c(C)sc2=O)c1.Cl. The van der Waals surface area contributed by atoms with Crippen molar-refractivity contribution in [1.29, 1.82) is 0 Å². The Kier molecular flexibility index (Phi) is 8.18. The normalized spacial score (nSPS) is 10.3. The van der Waals surface area contributed by atoms with Crippen molar-refractivity contribution in [3.63, 3.8) is 0 Å². The summed E-state index contributed by atoms with van der Waals surface area (Å²) in [4.78, 5) is 24.9. The molecule has 0 saturated heterocycles. The Hall–Kier alpha value is -1.63. The van der Waals surface area contributed by atoms with Crippen LogP contribution in [-0.2, 0) is 17.9 Å². The number of carbonyl (C=O) groups is 1. The summed E-state index contributed by atoms with van der Waals surface area (Å²) in [5.41, 5.74) is 2.86. The molecule has 0 radical (unpaired) electrons. The molecule has 0 bridgehead atoms. The number of nitrogens with zero attached hydrogens (tertiary/aromatic N) is 1. The number of anilines is 1. The summed E-state index contributed by atoms with van der Waals surface area (Å²) < 4.78 is 1.67. The number of carbonyl (C=O) groups excluding carboxylic acids is 1. The number of nitrogens with one attached hydrogen (secondary N) is 2. The van der Waals surface area contributed by atoms with Gasteiger partial charge < -0.3 is 15.2 Å². The summed E-state index contributed by atoms with van der Waals surface area (Å²) in [5, 5.41) is 6.15. The minimum atomic E-state index is -0.0826. The van der Waals surface area contributed by atoms with E-state index in [1.165, 1.54) is 11.3 Å². The van der Waals surface area contributed by atoms with Gasteiger partial charge in [0.2, 0.25) is 5.91 Å². The summed E-state index contributed by atoms with van der Waals surface area (Å²) in [6, 6.07) is 7.79. The number of thiazole rings is 1. The minimum absolute atomic E-state index is 0. The molecule has 0 saturated carbocycles. The number of rotatable bonds is 7. The van der Waals surface area contributed by atoms with Crippen LogP contribution < -0.4 is 15.5 Å². The quantitative estimate of drug-likeness (QED) is 0.788. The first kappa shape index (κ1) is 20.4. The van der Waals surface area contributed by atoms with Gasteiger partial charge in [-0.1, -0.05) is 30.4 Å². The van der Waals surface area contributed by atoms with Crippen LogP contribution >= 0.6 is 23.7 Å². The fourth-order valence-corrected chi connectivity index (χ4v) is 3.17. The zero-order chi connectivity index (χ0) is 16.8. The first-order chi connectivity index (χ1) is 11.0. The molecule has 1 heterocycles. The second-order valence-corrected chi connectivity index (χ2v) is 6.61. The van der Waals surface area contributed by atoms with Crippen molar-refractivity contribution in [3.8, 4) is 0 Å². The Morgan fingerprint density at radius 3 is 2.67 bits per heavy atom. The Labute approximate surface area is 152 Å². The molecule has 24 heavy (non-hydrogen) atoms. The van der Waals surface area contributed by atoms with Gasteiger partial charge in [0.05, 0.1) is 0 Å². The molecule has 132 valence electrons. The molecular weight excluding hydrogens is 346 g/mol. The van der Waals surface area contributed by atoms with Gasteiger partial charge in [0.25, 0.3) is 0 Å². The third kappa shape index (κ3) is 5.47. The summed E-state index contributed by atoms with van der Waals surface area (Å²) in [7, 11) is 0. The number of hydrogen-bond donors (Lipinski definition) is 2. The van der Waals surface area contributed by atoms with Crippen LogP contribution in [-0.4, -0.2) is 17.0 Å². The van der Waals surface area contributed by atoms with E-state index in [4.69, 9.17) is 0 Å². The lowest BCUT2D eigenvalue weighted by Crippen LogP contribution is -2.20. The summed E-state index contributed by atoms with van der Waals surface area (Å²) >= 11 is 1.23. The lowest BCUT2D eigenvalue weighted by atomic mass is 10.2. The van der Waals surface area contributed by atoms with E-state index in [1.54, 1.807) is 4.57 Å². The van der Waals surface area contributed by atoms with Crippen LogP contribution in [0.4, 0.5) is 5.69 Å². The predicted octanol–water partition coefficient (Wildman–Crippen LogP) is 3.09. The molecule has 0 spiro atoms. The van der Waals surface area contributed by atoms with Gasteiger partial charge in [0.15, 0.2) is 0 Å². The highest BCUT2D eigenvalue weighted by molar-refractivity contribution is 7.09. The largest absolute Gasteiger partial charge is 0.326 e. The molecule has 5 nitrogen and oxygen atoms in total. The molecule has 2 rings (SSSR count). The van der Waals surface area contributed by atoms with E-state index in [0.29, 0.717) is 6.54 Å². The standard InChI is InChI=1S/C17H23N3O2S.ClH/c1-4-18-11-14-6-5-7-15(10-14)19-16(21)8-9-20-12(2)13(3)23-17(20)22;/h5-7,10,18H,4,8-9,11H2,1-3H3,(H,19,21);1H. The van der Waals surface area contributed by atoms with Crippen molar-refractivity contribution in [1.82, 2.24) is 9.88 Å². The fourth-order valence-electron chi connectivity index (χ4n) is 2.31. The summed E-state index contributed by atoms with van der Waals surface area (Å²) in [5.74, 6) is -0.0826. The monoisotopic (exact) mass is 369 g/mol. The van der Waals surface area contributed by atoms with Crippen LogP contribution in [0.2, 0.25) is 0 Å². The molecule has 0 fully saturated rings. The van der Waals surface area contributed by atoms with Crippen LogP contribution in [0.25, 0.3) is 0 Å². The first-order valence-corrected chi connectivity index (χ1v) is 8.59. The van der Waals surface area contributed by atoms with Crippen molar-refractivity contribution in [2.24, 2.45) is 0 Å². The van der Waals surface area contributed by atoms with E-state index in [1.807, 2.05) is 38.1 Å². The Bertz CT molecular complexity index is 740. The highest BCUT2D eigenvalue weighted by Crippen LogP contribution is 2.12. The van der Waals surface area contributed by atoms with E-state index in [2.05, 4.69) is 17.6 Å². The van der Waals surface area contributed by atoms with Gasteiger partial charge in [-0.15, -0.1) is 12.4 Å². The zero-order valence-electron chi connectivity index (χ0n) is 14.2. The molecular formula is C17H24ClN3O2S. The number of aryl methyl sites for hydroxylation is 1. The average molecular weight is 370 g/mol. The maximum absolute atomic E-state index is 12.1. The Balaban J connectivity index is 0.00000288. The van der Waals surface area contributed by atoms with Crippen LogP contribution in [0, 0.1) is 13.8 Å². The third-order valence-corrected chi connectivity index (χ3v) is 4.72. The van der Waals surface area contributed by atoms with Gasteiger partial charge in [0.1, 0.15) is 0 Å². The van der Waals surface area contributed by atoms with Crippen molar-refractivity contribution in [3.05, 3.63) is 50.1 Å². The second kappa shape index (κ2) is 9.61. The molecule has 2 N–H and O–H groups in total. The first-order valence-electron chi connectivity index (χ1n) is 7.77. The average Bonchev–Trinajstić information content (AvgIpc) is 2.76. The van der Waals surface area contributed by atoms with Crippen molar-refractivity contribution in [2.75, 3.05) is 11.9 Å². The predicted molar refractivity (Wildman–Crippen MR) is 102 cm³/mol. The maximum atomic E-state index is 12.1. The van der Waals surface area contributed by atoms with Crippen molar-refractivity contribution < 1.29 is 4.79 Å². The molecule has 2 aromatic rings. The summed E-state index contributed by atoms with van der Waals surface area (Å²) in [6.45, 7) is 8.00. The van der Waals surface area contributed by atoms with Crippen LogP contribution in [0.15, 0.2) is 29.1 Å². The number of amides is 1. The zero-order valence-corrected chi connectivity index (χ0v) is 15.9. The van der Waals surface area contributed by atoms with Crippen molar-refractivity contribution >= 4 is 35.3 Å². The van der Waals surface area contributed by atoms with Gasteiger partial charge in [-0.05, 0) is 38.1 Å². The van der Waals surface area contributed by atoms with Crippen molar-refractivity contribution in [2.45, 2.75) is 40.3 Å². The highest BCUT2D eigenvalue weighted by atomic mass is 35.5. The van der Waals surface area contributed by atoms with Gasteiger partial charge in [-0.2, -0.15) is 0 Å². The van der Waals surface area contributed by atoms with E-state index in [0.717, 1.165) is 34.9 Å². The topological polar surface area (TPSA) is 63.1 Å². The second-order valence-electron chi connectivity index (χ2n) is 5.44. The van der Waals surface area contributed by atoms with Gasteiger partial charge in [0, 0.05) is 35.8 Å². The number of benzene rings is 1. The van der Waals surface area contributed by atoms with E-state index < -0.39 is 0 Å². The number of halogens is 1. The summed E-state index contributed by atoms with van der Waals surface area (Å²) in [6.07, 6.45) is 0.286. The van der Waals surface area contributed by atoms with Gasteiger partial charge in [-0.3, -0.25) is 9.59 Å². The van der Waals surface area contributed by atoms with E-state index in [-0.39, 0.29) is 29.6 Å². The molecule has 1 aromatic heterocycles. The Morgan fingerprint density at radius 1 is 1.29 bits per heavy atom. The number of hydrogen-bond acceptors (Lipinski definition) is 4.